The monoisotopic (exact) mass is 480 g/mol. The normalized spacial score (nSPS) is 19.2. The van der Waals surface area contributed by atoms with Crippen molar-refractivity contribution in [3.63, 3.8) is 0 Å². The summed E-state index contributed by atoms with van der Waals surface area (Å²) in [6.07, 6.45) is 4.61. The lowest BCUT2D eigenvalue weighted by molar-refractivity contribution is -0.130. The van der Waals surface area contributed by atoms with Gasteiger partial charge in [-0.2, -0.15) is 0 Å². The van der Waals surface area contributed by atoms with E-state index in [1.807, 2.05) is 11.0 Å². The van der Waals surface area contributed by atoms with Crippen LogP contribution in [0.25, 0.3) is 6.08 Å². The maximum atomic E-state index is 12.6. The molecule has 0 saturated carbocycles. The van der Waals surface area contributed by atoms with Crippen LogP contribution in [-0.4, -0.2) is 96.4 Å². The fourth-order valence-electron chi connectivity index (χ4n) is 4.20. The molecular formula is C24H34Cl2N4O2. The smallest absolute Gasteiger partial charge is 0.246 e. The number of piperazine rings is 1. The summed E-state index contributed by atoms with van der Waals surface area (Å²) in [7, 11) is 0. The van der Waals surface area contributed by atoms with E-state index in [0.29, 0.717) is 42.1 Å². The molecule has 0 spiro atoms. The highest BCUT2D eigenvalue weighted by Crippen LogP contribution is 2.23. The summed E-state index contributed by atoms with van der Waals surface area (Å²) in [5, 5.41) is 0.943. The number of rotatable bonds is 7. The zero-order chi connectivity index (χ0) is 23.1. The van der Waals surface area contributed by atoms with Gasteiger partial charge in [0.1, 0.15) is 0 Å². The molecule has 2 heterocycles. The Morgan fingerprint density at radius 2 is 1.75 bits per heavy atom. The first-order valence-corrected chi connectivity index (χ1v) is 12.3. The molecule has 2 saturated heterocycles. The first-order chi connectivity index (χ1) is 15.3. The van der Waals surface area contributed by atoms with Gasteiger partial charge in [-0.25, -0.2) is 0 Å². The Hall–Kier alpha value is -1.60. The second kappa shape index (κ2) is 12.0. The number of benzene rings is 1. The van der Waals surface area contributed by atoms with Gasteiger partial charge in [0.15, 0.2) is 0 Å². The van der Waals surface area contributed by atoms with Crippen molar-refractivity contribution in [2.24, 2.45) is 0 Å². The number of nitrogens with zero attached hydrogens (tertiary/aromatic N) is 4. The fraction of sp³-hybridized carbons (Fsp3) is 0.583. The van der Waals surface area contributed by atoms with Crippen LogP contribution in [0.3, 0.4) is 0 Å². The van der Waals surface area contributed by atoms with E-state index in [0.717, 1.165) is 51.3 Å². The molecule has 0 unspecified atom stereocenters. The molecule has 0 N–H and O–H groups in total. The average Bonchev–Trinajstić information content (AvgIpc) is 2.96. The molecule has 1 aromatic rings. The highest BCUT2D eigenvalue weighted by atomic mass is 35.5. The van der Waals surface area contributed by atoms with Crippen LogP contribution in [0.1, 0.15) is 32.3 Å². The third-order valence-corrected chi connectivity index (χ3v) is 7.04. The van der Waals surface area contributed by atoms with Crippen molar-refractivity contribution in [1.82, 2.24) is 19.6 Å². The van der Waals surface area contributed by atoms with Gasteiger partial charge in [0.25, 0.3) is 0 Å². The van der Waals surface area contributed by atoms with Gasteiger partial charge in [-0.1, -0.05) is 29.3 Å². The van der Waals surface area contributed by atoms with Gasteiger partial charge in [-0.3, -0.25) is 14.5 Å². The number of carbonyl (C=O) groups excluding carboxylic acids is 2. The number of hydrogen-bond acceptors (Lipinski definition) is 4. The number of carbonyl (C=O) groups is 2. The third-order valence-electron chi connectivity index (χ3n) is 6.30. The van der Waals surface area contributed by atoms with Crippen molar-refractivity contribution < 1.29 is 9.59 Å². The molecule has 0 bridgehead atoms. The van der Waals surface area contributed by atoms with Gasteiger partial charge in [-0.05, 0) is 50.6 Å². The van der Waals surface area contributed by atoms with Crippen LogP contribution in [0.5, 0.6) is 0 Å². The Bertz CT molecular complexity index is 822. The third kappa shape index (κ3) is 7.20. The van der Waals surface area contributed by atoms with Gasteiger partial charge in [0.2, 0.25) is 11.8 Å². The van der Waals surface area contributed by atoms with Crippen LogP contribution < -0.4 is 0 Å². The van der Waals surface area contributed by atoms with Crippen molar-refractivity contribution in [2.45, 2.75) is 32.7 Å². The Kier molecular flexibility index (Phi) is 9.41. The van der Waals surface area contributed by atoms with Crippen molar-refractivity contribution in [3.05, 3.63) is 39.9 Å². The van der Waals surface area contributed by atoms with E-state index in [9.17, 15) is 9.59 Å². The Morgan fingerprint density at radius 1 is 1.00 bits per heavy atom. The van der Waals surface area contributed by atoms with Crippen LogP contribution in [-0.2, 0) is 9.59 Å². The highest BCUT2D eigenvalue weighted by molar-refractivity contribution is 6.42. The summed E-state index contributed by atoms with van der Waals surface area (Å²) in [4.78, 5) is 33.8. The molecule has 2 amide bonds. The zero-order valence-corrected chi connectivity index (χ0v) is 20.6. The minimum Gasteiger partial charge on any atom is -0.341 e. The van der Waals surface area contributed by atoms with E-state index in [2.05, 4.69) is 23.6 Å². The van der Waals surface area contributed by atoms with Gasteiger partial charge in [0, 0.05) is 70.9 Å². The summed E-state index contributed by atoms with van der Waals surface area (Å²) in [6, 6.07) is 5.86. The molecule has 0 aliphatic carbocycles. The number of amides is 2. The van der Waals surface area contributed by atoms with E-state index >= 15 is 0 Å². The summed E-state index contributed by atoms with van der Waals surface area (Å²) >= 11 is 12.0. The van der Waals surface area contributed by atoms with E-state index in [1.54, 1.807) is 23.1 Å². The minimum atomic E-state index is -0.0891. The maximum absolute atomic E-state index is 12.6. The molecule has 6 nitrogen and oxygen atoms in total. The SMILES string of the molecule is CC(C)N1CCN(CCCN2CCN(C(=O)C=Cc3ccc(Cl)c(Cl)c3)CCC2=O)CC1. The largest absolute Gasteiger partial charge is 0.341 e. The number of hydrogen-bond donors (Lipinski definition) is 0. The van der Waals surface area contributed by atoms with Crippen molar-refractivity contribution in [2.75, 3.05) is 58.9 Å². The first-order valence-electron chi connectivity index (χ1n) is 11.5. The standard InChI is InChI=1S/C24H34Cl2N4O2/c1-19(2)28-14-12-27(13-15-28)9-3-10-29-16-17-30(11-8-24(29)32)23(31)7-5-20-4-6-21(25)22(26)18-20/h4-7,18-19H,3,8-17H2,1-2H3. The molecule has 1 aromatic carbocycles. The topological polar surface area (TPSA) is 47.1 Å². The second-order valence-electron chi connectivity index (χ2n) is 8.79. The first kappa shape index (κ1) is 25.0. The Balaban J connectivity index is 1.42. The Labute approximate surface area is 201 Å². The minimum absolute atomic E-state index is 0.0891. The molecule has 0 atom stereocenters. The van der Waals surface area contributed by atoms with Crippen LogP contribution in [0.4, 0.5) is 0 Å². The van der Waals surface area contributed by atoms with Crippen LogP contribution in [0.2, 0.25) is 10.0 Å². The van der Waals surface area contributed by atoms with E-state index in [4.69, 9.17) is 23.2 Å². The quantitative estimate of drug-likeness (QED) is 0.560. The summed E-state index contributed by atoms with van der Waals surface area (Å²) in [6.45, 7) is 12.3. The van der Waals surface area contributed by atoms with Crippen molar-refractivity contribution >= 4 is 41.1 Å². The molecule has 2 aliphatic rings. The second-order valence-corrected chi connectivity index (χ2v) is 9.60. The predicted molar refractivity (Wildman–Crippen MR) is 131 cm³/mol. The van der Waals surface area contributed by atoms with E-state index in [1.165, 1.54) is 6.08 Å². The average molecular weight is 481 g/mol. The van der Waals surface area contributed by atoms with Gasteiger partial charge in [-0.15, -0.1) is 0 Å². The van der Waals surface area contributed by atoms with Crippen molar-refractivity contribution in [3.8, 4) is 0 Å². The molecule has 2 fully saturated rings. The predicted octanol–water partition coefficient (Wildman–Crippen LogP) is 3.48. The zero-order valence-electron chi connectivity index (χ0n) is 19.1. The molecule has 8 heteroatoms. The summed E-state index contributed by atoms with van der Waals surface area (Å²) in [5.74, 6) is 0.0483. The van der Waals surface area contributed by atoms with Crippen molar-refractivity contribution in [1.29, 1.82) is 0 Å². The molecule has 0 aromatic heterocycles. The fourth-order valence-corrected chi connectivity index (χ4v) is 4.51. The summed E-state index contributed by atoms with van der Waals surface area (Å²) < 4.78 is 0. The number of halogens is 2. The van der Waals surface area contributed by atoms with Gasteiger partial charge in [0.05, 0.1) is 10.0 Å². The van der Waals surface area contributed by atoms with Gasteiger partial charge < -0.3 is 14.7 Å². The lowest BCUT2D eigenvalue weighted by Crippen LogP contribution is -2.49. The van der Waals surface area contributed by atoms with Gasteiger partial charge >= 0.3 is 0 Å². The lowest BCUT2D eigenvalue weighted by atomic mass is 10.2. The highest BCUT2D eigenvalue weighted by Gasteiger charge is 2.23. The lowest BCUT2D eigenvalue weighted by Gasteiger charge is -2.37. The maximum Gasteiger partial charge on any atom is 0.246 e. The van der Waals surface area contributed by atoms with E-state index < -0.39 is 0 Å². The Morgan fingerprint density at radius 3 is 2.44 bits per heavy atom. The summed E-state index contributed by atoms with van der Waals surface area (Å²) in [5.41, 5.74) is 0.814. The van der Waals surface area contributed by atoms with E-state index in [-0.39, 0.29) is 11.8 Å². The molecule has 32 heavy (non-hydrogen) atoms. The molecule has 2 aliphatic heterocycles. The van der Waals surface area contributed by atoms with Crippen LogP contribution in [0, 0.1) is 0 Å². The van der Waals surface area contributed by atoms with Crippen LogP contribution in [0.15, 0.2) is 24.3 Å². The molecule has 3 rings (SSSR count). The molecular weight excluding hydrogens is 447 g/mol. The molecule has 0 radical (unpaired) electrons. The van der Waals surface area contributed by atoms with Crippen LogP contribution >= 0.6 is 23.2 Å². The molecule has 176 valence electrons.